The van der Waals surface area contributed by atoms with Crippen molar-refractivity contribution in [3.8, 4) is 0 Å². The van der Waals surface area contributed by atoms with Crippen LogP contribution < -0.4 is 0 Å². The van der Waals surface area contributed by atoms with Crippen molar-refractivity contribution in [1.82, 2.24) is 14.5 Å². The molecule has 4 heteroatoms. The summed E-state index contributed by atoms with van der Waals surface area (Å²) in [5.74, 6) is 0.605. The number of fused-ring (bicyclic) bond motifs is 1. The second-order valence-corrected chi connectivity index (χ2v) is 4.33. The van der Waals surface area contributed by atoms with Gasteiger partial charge in [0.15, 0.2) is 5.65 Å². The minimum Gasteiger partial charge on any atom is -0.381 e. The van der Waals surface area contributed by atoms with Gasteiger partial charge in [0.25, 0.3) is 0 Å². The van der Waals surface area contributed by atoms with Crippen LogP contribution in [0.25, 0.3) is 11.2 Å². The highest BCUT2D eigenvalue weighted by molar-refractivity contribution is 5.69. The van der Waals surface area contributed by atoms with Gasteiger partial charge in [0.1, 0.15) is 5.52 Å². The standard InChI is InChI=1S/C12H15N3O/c1-4-11-12(13-5-1)15(9-14-11)7-10-3-2-6-16-8-10/h1,4-5,9-10H,2-3,6-8H2. The van der Waals surface area contributed by atoms with Crippen LogP contribution in [0.5, 0.6) is 0 Å². The maximum absolute atomic E-state index is 5.49. The number of pyridine rings is 1. The third-order valence-corrected chi connectivity index (χ3v) is 3.08. The summed E-state index contributed by atoms with van der Waals surface area (Å²) >= 11 is 0. The highest BCUT2D eigenvalue weighted by Gasteiger charge is 2.15. The lowest BCUT2D eigenvalue weighted by Crippen LogP contribution is -2.21. The smallest absolute Gasteiger partial charge is 0.159 e. The molecular formula is C12H15N3O. The van der Waals surface area contributed by atoms with E-state index < -0.39 is 0 Å². The van der Waals surface area contributed by atoms with Crippen molar-refractivity contribution in [3.63, 3.8) is 0 Å². The Morgan fingerprint density at radius 3 is 3.31 bits per heavy atom. The summed E-state index contributed by atoms with van der Waals surface area (Å²) < 4.78 is 7.62. The molecule has 0 radical (unpaired) electrons. The molecule has 2 aromatic rings. The molecule has 0 saturated carbocycles. The fraction of sp³-hybridized carbons (Fsp3) is 0.500. The van der Waals surface area contributed by atoms with Gasteiger partial charge in [0.05, 0.1) is 12.9 Å². The quantitative estimate of drug-likeness (QED) is 0.770. The lowest BCUT2D eigenvalue weighted by molar-refractivity contribution is 0.0487. The van der Waals surface area contributed by atoms with Crippen molar-refractivity contribution < 1.29 is 4.74 Å². The fourth-order valence-electron chi connectivity index (χ4n) is 2.26. The van der Waals surface area contributed by atoms with E-state index >= 15 is 0 Å². The summed E-state index contributed by atoms with van der Waals surface area (Å²) in [5.41, 5.74) is 1.95. The second kappa shape index (κ2) is 4.22. The minimum absolute atomic E-state index is 0.605. The first-order chi connectivity index (χ1) is 7.93. The van der Waals surface area contributed by atoms with Gasteiger partial charge in [0, 0.05) is 25.3 Å². The molecule has 1 aliphatic rings. The van der Waals surface area contributed by atoms with E-state index in [1.54, 1.807) is 0 Å². The first-order valence-corrected chi connectivity index (χ1v) is 5.77. The Morgan fingerprint density at radius 2 is 2.44 bits per heavy atom. The van der Waals surface area contributed by atoms with Gasteiger partial charge < -0.3 is 9.30 Å². The van der Waals surface area contributed by atoms with Crippen molar-refractivity contribution in [2.24, 2.45) is 5.92 Å². The highest BCUT2D eigenvalue weighted by atomic mass is 16.5. The van der Waals surface area contributed by atoms with E-state index in [9.17, 15) is 0 Å². The largest absolute Gasteiger partial charge is 0.381 e. The molecule has 3 heterocycles. The summed E-state index contributed by atoms with van der Waals surface area (Å²) in [4.78, 5) is 8.71. The van der Waals surface area contributed by atoms with Crippen LogP contribution in [0.4, 0.5) is 0 Å². The summed E-state index contributed by atoms with van der Waals surface area (Å²) in [7, 11) is 0. The van der Waals surface area contributed by atoms with Gasteiger partial charge >= 0.3 is 0 Å². The van der Waals surface area contributed by atoms with E-state index in [-0.39, 0.29) is 0 Å². The number of aromatic nitrogens is 3. The molecule has 1 saturated heterocycles. The van der Waals surface area contributed by atoms with E-state index in [2.05, 4.69) is 14.5 Å². The zero-order valence-electron chi connectivity index (χ0n) is 9.17. The Balaban J connectivity index is 1.83. The van der Waals surface area contributed by atoms with Crippen molar-refractivity contribution in [1.29, 1.82) is 0 Å². The van der Waals surface area contributed by atoms with Gasteiger partial charge in [-0.2, -0.15) is 0 Å². The van der Waals surface area contributed by atoms with Gasteiger partial charge in [-0.3, -0.25) is 0 Å². The Bertz CT molecular complexity index is 474. The Labute approximate surface area is 94.3 Å². The van der Waals surface area contributed by atoms with E-state index in [0.717, 1.165) is 30.9 Å². The number of ether oxygens (including phenoxy) is 1. The van der Waals surface area contributed by atoms with Gasteiger partial charge in [-0.05, 0) is 25.0 Å². The summed E-state index contributed by atoms with van der Waals surface area (Å²) in [6, 6.07) is 3.92. The summed E-state index contributed by atoms with van der Waals surface area (Å²) in [6.07, 6.45) is 6.11. The van der Waals surface area contributed by atoms with Crippen molar-refractivity contribution in [2.75, 3.05) is 13.2 Å². The molecule has 1 atom stereocenters. The van der Waals surface area contributed by atoms with Gasteiger partial charge in [-0.25, -0.2) is 9.97 Å². The van der Waals surface area contributed by atoms with Crippen LogP contribution >= 0.6 is 0 Å². The number of rotatable bonds is 2. The minimum atomic E-state index is 0.605. The average molecular weight is 217 g/mol. The lowest BCUT2D eigenvalue weighted by atomic mass is 10.0. The maximum atomic E-state index is 5.49. The Kier molecular flexibility index (Phi) is 2.58. The summed E-state index contributed by atoms with van der Waals surface area (Å²) in [5, 5.41) is 0. The first kappa shape index (κ1) is 9.78. The number of hydrogen-bond acceptors (Lipinski definition) is 3. The molecule has 16 heavy (non-hydrogen) atoms. The lowest BCUT2D eigenvalue weighted by Gasteiger charge is -2.22. The molecule has 0 amide bonds. The molecule has 0 spiro atoms. The SMILES string of the molecule is c1cnc2c(c1)ncn2CC1CCCOC1. The normalized spacial score (nSPS) is 21.4. The van der Waals surface area contributed by atoms with E-state index in [1.807, 2.05) is 24.7 Å². The molecule has 1 unspecified atom stereocenters. The Morgan fingerprint density at radius 1 is 1.44 bits per heavy atom. The van der Waals surface area contributed by atoms with Crippen LogP contribution in [-0.2, 0) is 11.3 Å². The molecule has 0 N–H and O–H groups in total. The molecule has 1 aliphatic heterocycles. The molecule has 0 bridgehead atoms. The third-order valence-electron chi connectivity index (χ3n) is 3.08. The van der Waals surface area contributed by atoms with Crippen LogP contribution in [0.1, 0.15) is 12.8 Å². The van der Waals surface area contributed by atoms with Crippen LogP contribution in [0.3, 0.4) is 0 Å². The second-order valence-electron chi connectivity index (χ2n) is 4.33. The van der Waals surface area contributed by atoms with Crippen molar-refractivity contribution in [3.05, 3.63) is 24.7 Å². The van der Waals surface area contributed by atoms with E-state index in [0.29, 0.717) is 5.92 Å². The van der Waals surface area contributed by atoms with Crippen LogP contribution in [0.2, 0.25) is 0 Å². The highest BCUT2D eigenvalue weighted by Crippen LogP contribution is 2.18. The van der Waals surface area contributed by atoms with Crippen LogP contribution in [0, 0.1) is 5.92 Å². The van der Waals surface area contributed by atoms with Gasteiger partial charge in [0.2, 0.25) is 0 Å². The van der Waals surface area contributed by atoms with Gasteiger partial charge in [-0.15, -0.1) is 0 Å². The monoisotopic (exact) mass is 217 g/mol. The zero-order valence-corrected chi connectivity index (χ0v) is 9.17. The molecular weight excluding hydrogens is 202 g/mol. The van der Waals surface area contributed by atoms with Gasteiger partial charge in [-0.1, -0.05) is 0 Å². The van der Waals surface area contributed by atoms with Crippen molar-refractivity contribution >= 4 is 11.2 Å². The predicted octanol–water partition coefficient (Wildman–Crippen LogP) is 1.86. The molecule has 2 aromatic heterocycles. The third kappa shape index (κ3) is 1.80. The zero-order chi connectivity index (χ0) is 10.8. The first-order valence-electron chi connectivity index (χ1n) is 5.77. The number of imidazole rings is 1. The predicted molar refractivity (Wildman–Crippen MR) is 61.1 cm³/mol. The van der Waals surface area contributed by atoms with E-state index in [4.69, 9.17) is 4.74 Å². The molecule has 0 aliphatic carbocycles. The number of nitrogens with zero attached hydrogens (tertiary/aromatic N) is 3. The fourth-order valence-corrected chi connectivity index (χ4v) is 2.26. The maximum Gasteiger partial charge on any atom is 0.159 e. The van der Waals surface area contributed by atoms with Crippen molar-refractivity contribution in [2.45, 2.75) is 19.4 Å². The van der Waals surface area contributed by atoms with Crippen LogP contribution in [-0.4, -0.2) is 27.7 Å². The molecule has 3 rings (SSSR count). The number of hydrogen-bond donors (Lipinski definition) is 0. The molecule has 4 nitrogen and oxygen atoms in total. The summed E-state index contributed by atoms with van der Waals surface area (Å²) in [6.45, 7) is 2.75. The average Bonchev–Trinajstić information content (AvgIpc) is 2.74. The molecule has 84 valence electrons. The topological polar surface area (TPSA) is 39.9 Å². The van der Waals surface area contributed by atoms with Crippen LogP contribution in [0.15, 0.2) is 24.7 Å². The molecule has 1 fully saturated rings. The Hall–Kier alpha value is -1.42. The molecule has 0 aromatic carbocycles. The van der Waals surface area contributed by atoms with E-state index in [1.165, 1.54) is 12.8 Å².